The summed E-state index contributed by atoms with van der Waals surface area (Å²) >= 11 is 0. The lowest BCUT2D eigenvalue weighted by molar-refractivity contribution is -0.119. The largest absolute Gasteiger partial charge is 0.394 e. The summed E-state index contributed by atoms with van der Waals surface area (Å²) in [5.41, 5.74) is -1.09. The second kappa shape index (κ2) is 3.38. The van der Waals surface area contributed by atoms with Crippen LogP contribution in [0.5, 0.6) is 0 Å². The van der Waals surface area contributed by atoms with Crippen LogP contribution in [0.4, 0.5) is 0 Å². The minimum atomic E-state index is -1.09. The Kier molecular flexibility index (Phi) is 2.66. The van der Waals surface area contributed by atoms with Gasteiger partial charge < -0.3 is 20.3 Å². The molecule has 1 heterocycles. The Bertz CT molecular complexity index is 171. The van der Waals surface area contributed by atoms with Crippen LogP contribution in [-0.4, -0.2) is 41.2 Å². The summed E-state index contributed by atoms with van der Waals surface area (Å²) in [6.07, 6.45) is -0.307. The van der Waals surface area contributed by atoms with Crippen LogP contribution in [0.2, 0.25) is 0 Å². The second-order valence-electron chi connectivity index (χ2n) is 3.17. The predicted molar refractivity (Wildman–Crippen MR) is 40.2 cm³/mol. The summed E-state index contributed by atoms with van der Waals surface area (Å²) in [7, 11) is 0. The molecule has 0 spiro atoms. The van der Waals surface area contributed by atoms with E-state index in [2.05, 4.69) is 5.32 Å². The van der Waals surface area contributed by atoms with Gasteiger partial charge in [-0.25, -0.2) is 0 Å². The number of hydrogen-bond acceptors (Lipinski definition) is 4. The highest BCUT2D eigenvalue weighted by atomic mass is 16.5. The van der Waals surface area contributed by atoms with Crippen molar-refractivity contribution >= 4 is 6.41 Å². The molecule has 1 aliphatic heterocycles. The molecule has 12 heavy (non-hydrogen) atoms. The minimum Gasteiger partial charge on any atom is -0.394 e. The quantitative estimate of drug-likeness (QED) is 0.460. The number of carbonyl (C=O) groups excluding carboxylic acids is 1. The molecule has 5 nitrogen and oxygen atoms in total. The van der Waals surface area contributed by atoms with E-state index in [4.69, 9.17) is 9.84 Å². The number of nitrogens with one attached hydrogen (secondary N) is 1. The normalized spacial score (nSPS) is 41.2. The van der Waals surface area contributed by atoms with Crippen molar-refractivity contribution in [3.8, 4) is 0 Å². The molecule has 0 saturated carbocycles. The zero-order valence-corrected chi connectivity index (χ0v) is 6.86. The molecule has 5 heteroatoms. The van der Waals surface area contributed by atoms with Crippen molar-refractivity contribution in [2.24, 2.45) is 0 Å². The first-order valence-electron chi connectivity index (χ1n) is 3.78. The van der Waals surface area contributed by atoms with Crippen LogP contribution in [0.1, 0.15) is 13.3 Å². The molecule has 3 N–H and O–H groups in total. The van der Waals surface area contributed by atoms with Crippen molar-refractivity contribution in [3.05, 3.63) is 0 Å². The van der Waals surface area contributed by atoms with Crippen LogP contribution in [0.15, 0.2) is 0 Å². The number of carbonyl (C=O) groups is 1. The molecule has 0 radical (unpaired) electrons. The molecule has 1 amide bonds. The highest BCUT2D eigenvalue weighted by Gasteiger charge is 2.43. The van der Waals surface area contributed by atoms with E-state index in [-0.39, 0.29) is 6.61 Å². The summed E-state index contributed by atoms with van der Waals surface area (Å²) in [6.45, 7) is 1.41. The van der Waals surface area contributed by atoms with Gasteiger partial charge in [-0.3, -0.25) is 4.79 Å². The number of aliphatic hydroxyl groups excluding tert-OH is 1. The van der Waals surface area contributed by atoms with Gasteiger partial charge in [0.15, 0.2) is 6.23 Å². The molecule has 1 fully saturated rings. The molecule has 0 aromatic carbocycles. The SMILES string of the molecule is CC1(O)CC(CO)OC1NC=O. The smallest absolute Gasteiger partial charge is 0.209 e. The molecule has 3 unspecified atom stereocenters. The zero-order valence-electron chi connectivity index (χ0n) is 6.86. The second-order valence-corrected chi connectivity index (χ2v) is 3.17. The highest BCUT2D eigenvalue weighted by Crippen LogP contribution is 2.28. The summed E-state index contributed by atoms with van der Waals surface area (Å²) in [4.78, 5) is 10.1. The van der Waals surface area contributed by atoms with Crippen molar-refractivity contribution in [1.29, 1.82) is 0 Å². The van der Waals surface area contributed by atoms with Gasteiger partial charge in [-0.1, -0.05) is 0 Å². The van der Waals surface area contributed by atoms with E-state index in [0.717, 1.165) is 0 Å². The molecule has 1 rings (SSSR count). The summed E-state index contributed by atoms with van der Waals surface area (Å²) in [5, 5.41) is 20.7. The Morgan fingerprint density at radius 1 is 1.83 bits per heavy atom. The maximum atomic E-state index is 10.1. The Morgan fingerprint density at radius 2 is 2.50 bits per heavy atom. The lowest BCUT2D eigenvalue weighted by Gasteiger charge is -2.22. The van der Waals surface area contributed by atoms with Crippen LogP contribution in [0.3, 0.4) is 0 Å². The Hall–Kier alpha value is -0.650. The fraction of sp³-hybridized carbons (Fsp3) is 0.857. The maximum absolute atomic E-state index is 10.1. The monoisotopic (exact) mass is 175 g/mol. The van der Waals surface area contributed by atoms with Gasteiger partial charge in [-0.05, 0) is 6.92 Å². The van der Waals surface area contributed by atoms with Crippen LogP contribution in [-0.2, 0) is 9.53 Å². The van der Waals surface area contributed by atoms with Crippen molar-refractivity contribution in [2.75, 3.05) is 6.61 Å². The van der Waals surface area contributed by atoms with E-state index in [9.17, 15) is 9.90 Å². The highest BCUT2D eigenvalue weighted by molar-refractivity contribution is 5.46. The van der Waals surface area contributed by atoms with Crippen LogP contribution in [0, 0.1) is 0 Å². The van der Waals surface area contributed by atoms with Crippen LogP contribution < -0.4 is 5.32 Å². The lowest BCUT2D eigenvalue weighted by Crippen LogP contribution is -2.44. The third kappa shape index (κ3) is 1.74. The van der Waals surface area contributed by atoms with Gasteiger partial charge in [-0.15, -0.1) is 0 Å². The number of rotatable bonds is 3. The lowest BCUT2D eigenvalue weighted by atomic mass is 10.0. The first kappa shape index (κ1) is 9.44. The molecule has 1 saturated heterocycles. The molecule has 0 bridgehead atoms. The number of aliphatic hydroxyl groups is 2. The standard InChI is InChI=1S/C7H13NO4/c1-7(11)2-5(3-9)12-6(7)8-4-10/h4-6,9,11H,2-3H2,1H3,(H,8,10). The average Bonchev–Trinajstić information content (AvgIpc) is 2.28. The molecule has 0 aliphatic carbocycles. The number of amides is 1. The third-order valence-corrected chi connectivity index (χ3v) is 1.96. The van der Waals surface area contributed by atoms with E-state index < -0.39 is 17.9 Å². The Labute approximate surface area is 70.3 Å². The van der Waals surface area contributed by atoms with Gasteiger partial charge in [0.05, 0.1) is 12.7 Å². The maximum Gasteiger partial charge on any atom is 0.209 e. The van der Waals surface area contributed by atoms with Crippen molar-refractivity contribution in [2.45, 2.75) is 31.3 Å². The van der Waals surface area contributed by atoms with Gasteiger partial charge in [0.1, 0.15) is 5.60 Å². The molecule has 70 valence electrons. The number of hydrogen-bond donors (Lipinski definition) is 3. The predicted octanol–water partition coefficient (Wildman–Crippen LogP) is -1.41. The first-order valence-corrected chi connectivity index (χ1v) is 3.78. The molecule has 3 atom stereocenters. The van der Waals surface area contributed by atoms with Gasteiger partial charge >= 0.3 is 0 Å². The van der Waals surface area contributed by atoms with E-state index in [1.54, 1.807) is 6.92 Å². The molecular weight excluding hydrogens is 162 g/mol. The van der Waals surface area contributed by atoms with E-state index in [1.807, 2.05) is 0 Å². The van der Waals surface area contributed by atoms with Gasteiger partial charge in [-0.2, -0.15) is 0 Å². The summed E-state index contributed by atoms with van der Waals surface area (Å²) < 4.78 is 5.12. The molecule has 0 aromatic heterocycles. The van der Waals surface area contributed by atoms with E-state index in [1.165, 1.54) is 0 Å². The van der Waals surface area contributed by atoms with Crippen molar-refractivity contribution in [1.82, 2.24) is 5.32 Å². The molecule has 1 aliphatic rings. The van der Waals surface area contributed by atoms with Gasteiger partial charge in [0.2, 0.25) is 6.41 Å². The van der Waals surface area contributed by atoms with E-state index in [0.29, 0.717) is 12.8 Å². The first-order chi connectivity index (χ1) is 5.60. The Morgan fingerprint density at radius 3 is 2.92 bits per heavy atom. The fourth-order valence-corrected chi connectivity index (χ4v) is 1.34. The fourth-order valence-electron chi connectivity index (χ4n) is 1.34. The van der Waals surface area contributed by atoms with Crippen molar-refractivity contribution < 1.29 is 19.7 Å². The number of ether oxygens (including phenoxy) is 1. The topological polar surface area (TPSA) is 78.8 Å². The summed E-state index contributed by atoms with van der Waals surface area (Å²) in [6, 6.07) is 0. The van der Waals surface area contributed by atoms with E-state index >= 15 is 0 Å². The van der Waals surface area contributed by atoms with Gasteiger partial charge in [0.25, 0.3) is 0 Å². The Balaban J connectivity index is 2.57. The molecular formula is C7H13NO4. The minimum absolute atomic E-state index is 0.146. The summed E-state index contributed by atoms with van der Waals surface area (Å²) in [5.74, 6) is 0. The van der Waals surface area contributed by atoms with Crippen molar-refractivity contribution in [3.63, 3.8) is 0 Å². The van der Waals surface area contributed by atoms with Crippen LogP contribution >= 0.6 is 0 Å². The van der Waals surface area contributed by atoms with Gasteiger partial charge in [0, 0.05) is 6.42 Å². The molecule has 0 aromatic rings. The zero-order chi connectivity index (χ0) is 9.19. The average molecular weight is 175 g/mol. The van der Waals surface area contributed by atoms with Crippen LogP contribution in [0.25, 0.3) is 0 Å². The third-order valence-electron chi connectivity index (χ3n) is 1.96.